The maximum Gasteiger partial charge on any atom is 0.333 e. The minimum absolute atomic E-state index is 0.931. The zero-order chi connectivity index (χ0) is 4.28. The van der Waals surface area contributed by atoms with Gasteiger partial charge in [0, 0.05) is 0 Å². The molecule has 0 bridgehead atoms. The van der Waals surface area contributed by atoms with Gasteiger partial charge in [0.05, 0.1) is 4.92 Å². The number of rotatable bonds is 1. The summed E-state index contributed by atoms with van der Waals surface area (Å²) in [5, 5.41) is 17.8. The van der Waals surface area contributed by atoms with Crippen LogP contribution in [0.1, 0.15) is 0 Å². The van der Waals surface area contributed by atoms with Crippen LogP contribution in [0.5, 0.6) is 0 Å². The zero-order valence-corrected chi connectivity index (χ0v) is 2.38. The van der Waals surface area contributed by atoms with Gasteiger partial charge in [-0.15, -0.1) is 0 Å². The van der Waals surface area contributed by atoms with Crippen LogP contribution in [0.3, 0.4) is 0 Å². The molecule has 0 amide bonds. The summed E-state index contributed by atoms with van der Waals surface area (Å²) in [6.07, 6.45) is 0. The van der Waals surface area contributed by atoms with E-state index in [-0.39, 0.29) is 0 Å². The predicted molar refractivity (Wildman–Crippen MR) is 12.5 cm³/mol. The molecule has 0 aliphatic rings. The van der Waals surface area contributed by atoms with Crippen LogP contribution in [0.2, 0.25) is 0 Å². The first-order chi connectivity index (χ1) is 2.27. The molecule has 0 spiro atoms. The van der Waals surface area contributed by atoms with Crippen molar-refractivity contribution in [2.24, 2.45) is 0 Å². The largest absolute Gasteiger partial charge is 0.333 e. The highest BCUT2D eigenvalue weighted by Gasteiger charge is 1.81. The average Bonchev–Trinajstić information content (AvgIpc) is 1.38. The first-order valence-electron chi connectivity index (χ1n) is 0.970. The number of hydrogen-bond acceptors (Lipinski definition) is 2. The summed E-state index contributed by atoms with van der Waals surface area (Å²) in [5.74, 6) is 0. The number of nitro groups is 1. The molecule has 0 fully saturated rings. The molecule has 5 heavy (non-hydrogen) atoms. The van der Waals surface area contributed by atoms with Crippen molar-refractivity contribution in [1.29, 1.82) is 0 Å². The fraction of sp³-hybridized carbons (Fsp3) is 1.00. The predicted octanol–water partition coefficient (Wildman–Crippen LogP) is -0.349. The van der Waals surface area contributed by atoms with Crippen LogP contribution >= 0.6 is 0 Å². The van der Waals surface area contributed by atoms with Gasteiger partial charge in [-0.3, -0.25) is 10.1 Å². The van der Waals surface area contributed by atoms with Gasteiger partial charge in [-0.05, 0) is 0 Å². The summed E-state index contributed by atoms with van der Waals surface area (Å²) in [7, 11) is 0. The normalized spacial score (nSPS) is 7.40. The Kier molecular flexibility index (Phi) is 1.45. The smallest absolute Gasteiger partial charge is 0.262 e. The maximum atomic E-state index is 8.93. The fourth-order valence-electron chi connectivity index (χ4n) is 0. The highest BCUT2D eigenvalue weighted by molar-refractivity contribution is 3.95. The molecular formula is CH2NO3. The molecule has 1 radical (unpaired) electrons. The molecule has 0 N–H and O–H groups in total. The molecule has 29 valence electrons. The fourth-order valence-corrected chi connectivity index (χ4v) is 0. The van der Waals surface area contributed by atoms with Crippen LogP contribution in [-0.4, -0.2) is 11.7 Å². The molecule has 0 heterocycles. The first kappa shape index (κ1) is 4.36. The van der Waals surface area contributed by atoms with E-state index in [1.165, 1.54) is 0 Å². The van der Waals surface area contributed by atoms with Gasteiger partial charge in [-0.1, -0.05) is 0 Å². The van der Waals surface area contributed by atoms with Crippen molar-refractivity contribution >= 4 is 0 Å². The lowest BCUT2D eigenvalue weighted by Gasteiger charge is -1.70. The third-order valence-electron chi connectivity index (χ3n) is 0.105. The second kappa shape index (κ2) is 1.66. The summed E-state index contributed by atoms with van der Waals surface area (Å²) in [6, 6.07) is 0. The Bertz CT molecular complexity index is 42.2. The van der Waals surface area contributed by atoms with Gasteiger partial charge in [0.25, 0.3) is 0 Å². The van der Waals surface area contributed by atoms with Gasteiger partial charge in [0.2, 0.25) is 0 Å². The summed E-state index contributed by atoms with van der Waals surface area (Å²) in [6.45, 7) is -1.22. The van der Waals surface area contributed by atoms with Crippen molar-refractivity contribution in [3.8, 4) is 0 Å². The van der Waals surface area contributed by atoms with E-state index in [9.17, 15) is 0 Å². The second-order valence-electron chi connectivity index (χ2n) is 0.462. The van der Waals surface area contributed by atoms with Crippen molar-refractivity contribution in [3.05, 3.63) is 10.1 Å². The molecule has 0 rings (SSSR count). The third-order valence-corrected chi connectivity index (χ3v) is 0.105. The molecule has 0 saturated carbocycles. The lowest BCUT2D eigenvalue weighted by molar-refractivity contribution is -0.530. The Hall–Kier alpha value is -0.640. The van der Waals surface area contributed by atoms with Crippen LogP contribution in [0.4, 0.5) is 0 Å². The number of nitrogens with zero attached hydrogens (tertiary/aromatic N) is 1. The Labute approximate surface area is 28.2 Å². The van der Waals surface area contributed by atoms with E-state index in [0.717, 1.165) is 0 Å². The molecule has 0 aromatic rings. The van der Waals surface area contributed by atoms with Gasteiger partial charge in [0.1, 0.15) is 0 Å². The van der Waals surface area contributed by atoms with E-state index in [0.29, 0.717) is 0 Å². The third kappa shape index (κ3) is 3.36. The second-order valence-corrected chi connectivity index (χ2v) is 0.462. The van der Waals surface area contributed by atoms with Gasteiger partial charge < -0.3 is 0 Å². The van der Waals surface area contributed by atoms with Crippen LogP contribution in [0, 0.1) is 10.1 Å². The topological polar surface area (TPSA) is 63.0 Å². The molecule has 0 saturated heterocycles. The van der Waals surface area contributed by atoms with Crippen molar-refractivity contribution in [2.45, 2.75) is 0 Å². The van der Waals surface area contributed by atoms with Gasteiger partial charge in [-0.2, -0.15) is 5.11 Å². The quantitative estimate of drug-likeness (QED) is 0.243. The van der Waals surface area contributed by atoms with Crippen molar-refractivity contribution in [3.63, 3.8) is 0 Å². The standard InChI is InChI=1S/CH2NO3/c3-1-2(4)5/h1H2. The van der Waals surface area contributed by atoms with E-state index in [1.807, 2.05) is 0 Å². The lowest BCUT2D eigenvalue weighted by Crippen LogP contribution is -1.94. The van der Waals surface area contributed by atoms with Crippen LogP contribution < -0.4 is 0 Å². The van der Waals surface area contributed by atoms with Crippen LogP contribution in [-0.2, 0) is 5.11 Å². The van der Waals surface area contributed by atoms with E-state index in [4.69, 9.17) is 15.2 Å². The van der Waals surface area contributed by atoms with E-state index in [2.05, 4.69) is 0 Å². The zero-order valence-electron chi connectivity index (χ0n) is 2.38. The van der Waals surface area contributed by atoms with E-state index < -0.39 is 11.7 Å². The van der Waals surface area contributed by atoms with Crippen molar-refractivity contribution in [2.75, 3.05) is 6.73 Å². The van der Waals surface area contributed by atoms with Crippen molar-refractivity contribution < 1.29 is 10.0 Å². The monoisotopic (exact) mass is 76.0 g/mol. The summed E-state index contributed by atoms with van der Waals surface area (Å²) < 4.78 is 0. The first-order valence-corrected chi connectivity index (χ1v) is 0.970. The Morgan fingerprint density at radius 2 is 2.00 bits per heavy atom. The number of hydrogen-bond donors (Lipinski definition) is 0. The summed E-state index contributed by atoms with van der Waals surface area (Å²) in [4.78, 5) is 7.93. The molecule has 0 aromatic heterocycles. The maximum absolute atomic E-state index is 8.93. The van der Waals surface area contributed by atoms with Gasteiger partial charge in [0.15, 0.2) is 0 Å². The van der Waals surface area contributed by atoms with E-state index in [1.54, 1.807) is 0 Å². The SMILES string of the molecule is [O]C[N+](=O)[O-]. The lowest BCUT2D eigenvalue weighted by atomic mass is 11.4. The highest BCUT2D eigenvalue weighted by atomic mass is 16.6. The molecule has 4 nitrogen and oxygen atoms in total. The van der Waals surface area contributed by atoms with Gasteiger partial charge >= 0.3 is 6.73 Å². The molecule has 0 aliphatic heterocycles. The summed E-state index contributed by atoms with van der Waals surface area (Å²) in [5.41, 5.74) is 0. The molecule has 4 heteroatoms. The Morgan fingerprint density at radius 1 is 1.80 bits per heavy atom. The average molecular weight is 76.0 g/mol. The Morgan fingerprint density at radius 3 is 2.00 bits per heavy atom. The highest BCUT2D eigenvalue weighted by Crippen LogP contribution is 1.54. The van der Waals surface area contributed by atoms with E-state index >= 15 is 0 Å². The molecule has 0 aliphatic carbocycles. The molecule has 0 aromatic carbocycles. The molecule has 0 unspecified atom stereocenters. The molecular weight excluding hydrogens is 74.0 g/mol. The van der Waals surface area contributed by atoms with Crippen LogP contribution in [0.25, 0.3) is 0 Å². The van der Waals surface area contributed by atoms with Crippen molar-refractivity contribution in [1.82, 2.24) is 0 Å². The summed E-state index contributed by atoms with van der Waals surface area (Å²) >= 11 is 0. The Balaban J connectivity index is 2.85. The molecule has 0 atom stereocenters. The van der Waals surface area contributed by atoms with Crippen LogP contribution in [0.15, 0.2) is 0 Å². The minimum Gasteiger partial charge on any atom is -0.262 e. The minimum atomic E-state index is -1.22. The van der Waals surface area contributed by atoms with Gasteiger partial charge in [-0.25, -0.2) is 0 Å².